The number of pyridine rings is 2. The monoisotopic (exact) mass is 335 g/mol. The molecule has 2 heterocycles. The summed E-state index contributed by atoms with van der Waals surface area (Å²) in [4.78, 5) is 8.45. The molecule has 0 aliphatic heterocycles. The van der Waals surface area contributed by atoms with Crippen LogP contribution in [0.15, 0.2) is 18.3 Å². The summed E-state index contributed by atoms with van der Waals surface area (Å²) in [5.74, 6) is 1.16. The molecule has 0 saturated heterocycles. The van der Waals surface area contributed by atoms with Crippen molar-refractivity contribution in [2.75, 3.05) is 10.6 Å². The van der Waals surface area contributed by atoms with Gasteiger partial charge < -0.3 is 16.4 Å². The van der Waals surface area contributed by atoms with Gasteiger partial charge in [-0.3, -0.25) is 0 Å². The summed E-state index contributed by atoms with van der Waals surface area (Å²) in [6.45, 7) is 5.89. The molecular formula is C17H23F2N5. The first-order chi connectivity index (χ1) is 11.2. The van der Waals surface area contributed by atoms with Gasteiger partial charge in [0.05, 0.1) is 0 Å². The van der Waals surface area contributed by atoms with Crippen molar-refractivity contribution in [1.29, 1.82) is 0 Å². The maximum absolute atomic E-state index is 13.1. The van der Waals surface area contributed by atoms with Crippen molar-refractivity contribution in [2.45, 2.75) is 57.7 Å². The molecule has 2 aromatic heterocycles. The van der Waals surface area contributed by atoms with Crippen molar-refractivity contribution in [3.05, 3.63) is 24.0 Å². The van der Waals surface area contributed by atoms with Crippen LogP contribution in [0.25, 0.3) is 10.8 Å². The number of rotatable bonds is 4. The predicted octanol–water partition coefficient (Wildman–Crippen LogP) is 3.68. The molecule has 0 radical (unpaired) electrons. The van der Waals surface area contributed by atoms with Gasteiger partial charge in [-0.25, -0.2) is 18.7 Å². The van der Waals surface area contributed by atoms with Gasteiger partial charge in [-0.15, -0.1) is 0 Å². The number of hydrogen-bond acceptors (Lipinski definition) is 5. The third-order valence-electron chi connectivity index (χ3n) is 3.98. The molecule has 2 aromatic rings. The number of aromatic nitrogens is 2. The Bertz CT molecular complexity index is 736. The van der Waals surface area contributed by atoms with Crippen LogP contribution < -0.4 is 16.4 Å². The molecule has 0 atom stereocenters. The Morgan fingerprint density at radius 3 is 2.54 bits per heavy atom. The SMILES string of the molecule is CC(C)(C)Nc1nc(C(F)F)cc2cnc(N[C@H]3C[C@@H](N)C3)cc12. The lowest BCUT2D eigenvalue weighted by Gasteiger charge is -2.33. The number of hydrogen-bond donors (Lipinski definition) is 3. The van der Waals surface area contributed by atoms with E-state index in [0.717, 1.165) is 18.2 Å². The average molecular weight is 335 g/mol. The molecule has 4 N–H and O–H groups in total. The second-order valence-corrected chi connectivity index (χ2v) is 7.43. The fraction of sp³-hybridized carbons (Fsp3) is 0.529. The van der Waals surface area contributed by atoms with Crippen molar-refractivity contribution in [1.82, 2.24) is 9.97 Å². The highest BCUT2D eigenvalue weighted by atomic mass is 19.3. The number of anilines is 2. The molecule has 1 fully saturated rings. The van der Waals surface area contributed by atoms with E-state index in [4.69, 9.17) is 5.73 Å². The van der Waals surface area contributed by atoms with Crippen LogP contribution in [0.4, 0.5) is 20.4 Å². The summed E-state index contributed by atoms with van der Waals surface area (Å²) in [7, 11) is 0. The van der Waals surface area contributed by atoms with E-state index in [1.165, 1.54) is 6.07 Å². The van der Waals surface area contributed by atoms with E-state index in [9.17, 15) is 8.78 Å². The molecule has 0 amide bonds. The van der Waals surface area contributed by atoms with E-state index in [0.29, 0.717) is 23.1 Å². The topological polar surface area (TPSA) is 75.9 Å². The molecule has 130 valence electrons. The van der Waals surface area contributed by atoms with Crippen molar-refractivity contribution in [3.8, 4) is 0 Å². The molecule has 0 bridgehead atoms. The Morgan fingerprint density at radius 2 is 1.96 bits per heavy atom. The third kappa shape index (κ3) is 3.72. The van der Waals surface area contributed by atoms with Crippen LogP contribution in [-0.2, 0) is 0 Å². The lowest BCUT2D eigenvalue weighted by atomic mass is 9.88. The van der Waals surface area contributed by atoms with Crippen LogP contribution in [0.3, 0.4) is 0 Å². The van der Waals surface area contributed by atoms with Crippen molar-refractivity contribution >= 4 is 22.4 Å². The number of nitrogens with one attached hydrogen (secondary N) is 2. The van der Waals surface area contributed by atoms with Crippen LogP contribution >= 0.6 is 0 Å². The highest BCUT2D eigenvalue weighted by molar-refractivity contribution is 5.93. The number of halogens is 2. The Morgan fingerprint density at radius 1 is 1.25 bits per heavy atom. The Kier molecular flexibility index (Phi) is 4.29. The first kappa shape index (κ1) is 16.8. The lowest BCUT2D eigenvalue weighted by molar-refractivity contribution is 0.146. The summed E-state index contributed by atoms with van der Waals surface area (Å²) >= 11 is 0. The predicted molar refractivity (Wildman–Crippen MR) is 92.5 cm³/mol. The minimum atomic E-state index is -2.62. The number of fused-ring (bicyclic) bond motifs is 1. The zero-order chi connectivity index (χ0) is 17.5. The van der Waals surface area contributed by atoms with E-state index in [1.807, 2.05) is 26.8 Å². The molecule has 0 aromatic carbocycles. The zero-order valence-electron chi connectivity index (χ0n) is 14.1. The Hall–Kier alpha value is -2.02. The second kappa shape index (κ2) is 6.12. The third-order valence-corrected chi connectivity index (χ3v) is 3.98. The van der Waals surface area contributed by atoms with Crippen LogP contribution in [0, 0.1) is 0 Å². The maximum atomic E-state index is 13.1. The van der Waals surface area contributed by atoms with Gasteiger partial charge in [-0.05, 0) is 45.7 Å². The summed E-state index contributed by atoms with van der Waals surface area (Å²) in [5, 5.41) is 7.96. The van der Waals surface area contributed by atoms with Gasteiger partial charge in [0, 0.05) is 34.6 Å². The van der Waals surface area contributed by atoms with E-state index in [-0.39, 0.29) is 17.3 Å². The standard InChI is InChI=1S/C17H23F2N5/c1-17(2,3)24-16-12-7-14(22-11-5-10(20)6-11)21-8-9(12)4-13(23-16)15(18)19/h4,7-8,10-11,15H,5-6,20H2,1-3H3,(H,21,22)(H,23,24)/t10-,11+. The minimum absolute atomic E-state index is 0.247. The van der Waals surface area contributed by atoms with E-state index < -0.39 is 6.43 Å². The molecule has 1 aliphatic carbocycles. The average Bonchev–Trinajstić information content (AvgIpc) is 2.44. The highest BCUT2D eigenvalue weighted by Gasteiger charge is 2.26. The van der Waals surface area contributed by atoms with Crippen molar-refractivity contribution in [2.24, 2.45) is 5.73 Å². The van der Waals surface area contributed by atoms with Gasteiger partial charge in [0.1, 0.15) is 17.3 Å². The number of nitrogens with zero attached hydrogens (tertiary/aromatic N) is 2. The summed E-state index contributed by atoms with van der Waals surface area (Å²) in [6, 6.07) is 3.81. The van der Waals surface area contributed by atoms with Crippen LogP contribution in [0.2, 0.25) is 0 Å². The van der Waals surface area contributed by atoms with Crippen LogP contribution in [0.5, 0.6) is 0 Å². The van der Waals surface area contributed by atoms with Gasteiger partial charge in [0.15, 0.2) is 0 Å². The minimum Gasteiger partial charge on any atom is -0.367 e. The Balaban J connectivity index is 1.99. The Labute approximate surface area is 140 Å². The smallest absolute Gasteiger partial charge is 0.280 e. The normalized spacial score (nSPS) is 21.0. The molecule has 0 spiro atoms. The van der Waals surface area contributed by atoms with Gasteiger partial charge in [0.2, 0.25) is 0 Å². The highest BCUT2D eigenvalue weighted by Crippen LogP contribution is 2.31. The van der Waals surface area contributed by atoms with Crippen molar-refractivity contribution < 1.29 is 8.78 Å². The largest absolute Gasteiger partial charge is 0.367 e. The van der Waals surface area contributed by atoms with E-state index >= 15 is 0 Å². The molecule has 3 rings (SSSR count). The molecule has 1 saturated carbocycles. The van der Waals surface area contributed by atoms with Gasteiger partial charge in [-0.1, -0.05) is 0 Å². The summed E-state index contributed by atoms with van der Waals surface area (Å²) in [6.07, 6.45) is 0.812. The van der Waals surface area contributed by atoms with Crippen LogP contribution in [-0.4, -0.2) is 27.6 Å². The van der Waals surface area contributed by atoms with Gasteiger partial charge in [-0.2, -0.15) is 0 Å². The molecule has 7 heteroatoms. The molecule has 1 aliphatic rings. The quantitative estimate of drug-likeness (QED) is 0.795. The molecule has 5 nitrogen and oxygen atoms in total. The summed E-state index contributed by atoms with van der Waals surface area (Å²) < 4.78 is 26.2. The first-order valence-corrected chi connectivity index (χ1v) is 8.10. The molecular weight excluding hydrogens is 312 g/mol. The van der Waals surface area contributed by atoms with E-state index in [2.05, 4.69) is 20.6 Å². The van der Waals surface area contributed by atoms with Gasteiger partial charge >= 0.3 is 0 Å². The fourth-order valence-corrected chi connectivity index (χ4v) is 2.80. The fourth-order valence-electron chi connectivity index (χ4n) is 2.80. The van der Waals surface area contributed by atoms with E-state index in [1.54, 1.807) is 6.20 Å². The lowest BCUT2D eigenvalue weighted by Crippen LogP contribution is -2.44. The zero-order valence-corrected chi connectivity index (χ0v) is 14.1. The molecule has 24 heavy (non-hydrogen) atoms. The second-order valence-electron chi connectivity index (χ2n) is 7.43. The van der Waals surface area contributed by atoms with Crippen LogP contribution in [0.1, 0.15) is 45.7 Å². The molecule has 0 unspecified atom stereocenters. The van der Waals surface area contributed by atoms with Crippen molar-refractivity contribution in [3.63, 3.8) is 0 Å². The first-order valence-electron chi connectivity index (χ1n) is 8.10. The van der Waals surface area contributed by atoms with Gasteiger partial charge in [0.25, 0.3) is 6.43 Å². The number of nitrogens with two attached hydrogens (primary N) is 1. The number of alkyl halides is 2. The maximum Gasteiger partial charge on any atom is 0.280 e. The summed E-state index contributed by atoms with van der Waals surface area (Å²) in [5.41, 5.74) is 5.26.